The molecule has 1 saturated carbocycles. The van der Waals surface area contributed by atoms with Gasteiger partial charge >= 0.3 is 5.97 Å². The van der Waals surface area contributed by atoms with Gasteiger partial charge in [-0.1, -0.05) is 50.0 Å². The molecule has 0 N–H and O–H groups in total. The molecule has 1 aliphatic rings. The normalized spacial score (nSPS) is 16.0. The quantitative estimate of drug-likeness (QED) is 0.696. The number of hydrogen-bond acceptors (Lipinski definition) is 4. The number of thiazole rings is 1. The number of methoxy groups -OCH3 is 1. The van der Waals surface area contributed by atoms with Gasteiger partial charge in [-0.2, -0.15) is 4.99 Å². The summed E-state index contributed by atoms with van der Waals surface area (Å²) in [6, 6.07) is 6.29. The third kappa shape index (κ3) is 4.86. The highest BCUT2D eigenvalue weighted by Crippen LogP contribution is 2.25. The molecule has 0 spiro atoms. The SMILES string of the molecule is CCCCc1ccc2c(c1)sc(=NC(=O)C1CCCCC1)n2CC(=O)OC. The highest BCUT2D eigenvalue weighted by molar-refractivity contribution is 7.16. The number of benzene rings is 1. The molecule has 0 unspecified atom stereocenters. The van der Waals surface area contributed by atoms with Crippen molar-refractivity contribution in [3.63, 3.8) is 0 Å². The molecule has 0 saturated heterocycles. The average molecular weight is 389 g/mol. The van der Waals surface area contributed by atoms with Crippen LogP contribution >= 0.6 is 11.3 Å². The molecule has 3 rings (SSSR count). The zero-order chi connectivity index (χ0) is 19.2. The van der Waals surface area contributed by atoms with E-state index in [-0.39, 0.29) is 24.3 Å². The number of amides is 1. The van der Waals surface area contributed by atoms with E-state index in [2.05, 4.69) is 24.0 Å². The Balaban J connectivity index is 2.00. The maximum Gasteiger partial charge on any atom is 0.325 e. The summed E-state index contributed by atoms with van der Waals surface area (Å²) in [5.41, 5.74) is 2.21. The van der Waals surface area contributed by atoms with Gasteiger partial charge in [-0.05, 0) is 43.4 Å². The molecule has 0 aliphatic heterocycles. The highest BCUT2D eigenvalue weighted by Gasteiger charge is 2.21. The molecule has 27 heavy (non-hydrogen) atoms. The molecule has 0 radical (unpaired) electrons. The first-order chi connectivity index (χ1) is 13.1. The second-order valence-corrected chi connectivity index (χ2v) is 8.25. The number of fused-ring (bicyclic) bond motifs is 1. The minimum atomic E-state index is -0.337. The number of nitrogens with zero attached hydrogens (tertiary/aromatic N) is 2. The summed E-state index contributed by atoms with van der Waals surface area (Å²) in [4.78, 5) is 29.6. The Bertz CT molecular complexity index is 875. The number of carbonyl (C=O) groups is 2. The van der Waals surface area contributed by atoms with Crippen LogP contribution in [0.2, 0.25) is 0 Å². The van der Waals surface area contributed by atoms with Crippen molar-refractivity contribution >= 4 is 33.4 Å². The minimum absolute atomic E-state index is 0.0238. The summed E-state index contributed by atoms with van der Waals surface area (Å²) in [5.74, 6) is -0.363. The molecular formula is C21H28N2O3S. The minimum Gasteiger partial charge on any atom is -0.468 e. The van der Waals surface area contributed by atoms with Crippen molar-refractivity contribution in [2.75, 3.05) is 7.11 Å². The maximum atomic E-state index is 12.7. The third-order valence-electron chi connectivity index (χ3n) is 5.24. The van der Waals surface area contributed by atoms with Gasteiger partial charge in [0.15, 0.2) is 4.80 Å². The molecule has 5 nitrogen and oxygen atoms in total. The van der Waals surface area contributed by atoms with E-state index in [1.807, 2.05) is 10.6 Å². The van der Waals surface area contributed by atoms with E-state index < -0.39 is 0 Å². The van der Waals surface area contributed by atoms with Crippen molar-refractivity contribution in [3.8, 4) is 0 Å². The number of rotatable bonds is 6. The number of unbranched alkanes of at least 4 members (excludes halogenated alkanes) is 1. The van der Waals surface area contributed by atoms with Crippen LogP contribution in [0.4, 0.5) is 0 Å². The van der Waals surface area contributed by atoms with Crippen LogP contribution in [-0.2, 0) is 27.3 Å². The van der Waals surface area contributed by atoms with Gasteiger partial charge in [0, 0.05) is 5.92 Å². The van der Waals surface area contributed by atoms with Crippen LogP contribution in [0.15, 0.2) is 23.2 Å². The zero-order valence-corrected chi connectivity index (χ0v) is 17.0. The molecule has 146 valence electrons. The number of aryl methyl sites for hydroxylation is 1. The van der Waals surface area contributed by atoms with Crippen molar-refractivity contribution in [2.24, 2.45) is 10.9 Å². The largest absolute Gasteiger partial charge is 0.468 e. The molecule has 1 aromatic heterocycles. The van der Waals surface area contributed by atoms with Crippen LogP contribution in [0.5, 0.6) is 0 Å². The van der Waals surface area contributed by atoms with E-state index in [1.54, 1.807) is 0 Å². The predicted molar refractivity (Wildman–Crippen MR) is 108 cm³/mol. The Hall–Kier alpha value is -1.95. The second-order valence-electron chi connectivity index (χ2n) is 7.24. The molecule has 1 fully saturated rings. The first-order valence-electron chi connectivity index (χ1n) is 9.90. The summed E-state index contributed by atoms with van der Waals surface area (Å²) in [7, 11) is 1.38. The molecule has 0 bridgehead atoms. The fraction of sp³-hybridized carbons (Fsp3) is 0.571. The Morgan fingerprint density at radius 1 is 1.26 bits per heavy atom. The summed E-state index contributed by atoms with van der Waals surface area (Å²) in [6.07, 6.45) is 8.58. The number of aromatic nitrogens is 1. The Labute approximate surface area is 164 Å². The van der Waals surface area contributed by atoms with Crippen molar-refractivity contribution in [3.05, 3.63) is 28.6 Å². The van der Waals surface area contributed by atoms with Gasteiger partial charge in [-0.3, -0.25) is 9.59 Å². The monoisotopic (exact) mass is 388 g/mol. The van der Waals surface area contributed by atoms with E-state index in [0.29, 0.717) is 4.80 Å². The first kappa shape index (κ1) is 19.8. The Kier molecular flexibility index (Phi) is 6.83. The second kappa shape index (κ2) is 9.31. The van der Waals surface area contributed by atoms with Crippen molar-refractivity contribution in [2.45, 2.75) is 64.8 Å². The van der Waals surface area contributed by atoms with Gasteiger partial charge in [0.05, 0.1) is 17.3 Å². The smallest absolute Gasteiger partial charge is 0.325 e. The fourth-order valence-corrected chi connectivity index (χ4v) is 4.72. The van der Waals surface area contributed by atoms with Crippen LogP contribution in [-0.4, -0.2) is 23.6 Å². The molecule has 6 heteroatoms. The number of esters is 1. The molecule has 2 aromatic rings. The lowest BCUT2D eigenvalue weighted by molar-refractivity contribution is -0.141. The van der Waals surface area contributed by atoms with Crippen molar-refractivity contribution < 1.29 is 14.3 Å². The topological polar surface area (TPSA) is 60.7 Å². The van der Waals surface area contributed by atoms with Crippen LogP contribution in [0.3, 0.4) is 0 Å². The van der Waals surface area contributed by atoms with Crippen LogP contribution in [0.1, 0.15) is 57.4 Å². The average Bonchev–Trinajstić information content (AvgIpc) is 3.03. The Morgan fingerprint density at radius 3 is 2.74 bits per heavy atom. The van der Waals surface area contributed by atoms with E-state index in [9.17, 15) is 9.59 Å². The summed E-state index contributed by atoms with van der Waals surface area (Å²) in [6.45, 7) is 2.25. The highest BCUT2D eigenvalue weighted by atomic mass is 32.1. The van der Waals surface area contributed by atoms with Gasteiger partial charge in [0.25, 0.3) is 5.91 Å². The van der Waals surface area contributed by atoms with E-state index >= 15 is 0 Å². The summed E-state index contributed by atoms with van der Waals surface area (Å²) in [5, 5.41) is 0. The standard InChI is InChI=1S/C21H28N2O3S/c1-3-4-8-15-11-12-17-18(13-15)27-21(23(17)14-19(24)26-2)22-20(25)16-9-6-5-7-10-16/h11-13,16H,3-10,14H2,1-2H3. The van der Waals surface area contributed by atoms with Crippen molar-refractivity contribution in [1.29, 1.82) is 0 Å². The number of hydrogen-bond donors (Lipinski definition) is 0. The molecule has 1 aliphatic carbocycles. The van der Waals surface area contributed by atoms with E-state index in [4.69, 9.17) is 4.74 Å². The molecule has 1 heterocycles. The maximum absolute atomic E-state index is 12.7. The van der Waals surface area contributed by atoms with Crippen molar-refractivity contribution in [1.82, 2.24) is 4.57 Å². The lowest BCUT2D eigenvalue weighted by Crippen LogP contribution is -2.24. The fourth-order valence-electron chi connectivity index (χ4n) is 3.62. The molecule has 1 amide bonds. The number of ether oxygens (including phenoxy) is 1. The van der Waals surface area contributed by atoms with Crippen LogP contribution in [0.25, 0.3) is 10.2 Å². The first-order valence-corrected chi connectivity index (χ1v) is 10.7. The van der Waals surface area contributed by atoms with Gasteiger partial charge in [-0.15, -0.1) is 0 Å². The van der Waals surface area contributed by atoms with E-state index in [0.717, 1.165) is 55.2 Å². The molecule has 1 aromatic carbocycles. The predicted octanol–water partition coefficient (Wildman–Crippen LogP) is 4.23. The lowest BCUT2D eigenvalue weighted by Gasteiger charge is -2.17. The third-order valence-corrected chi connectivity index (χ3v) is 6.28. The van der Waals surface area contributed by atoms with Crippen LogP contribution in [0, 0.1) is 5.92 Å². The molecular weight excluding hydrogens is 360 g/mol. The van der Waals surface area contributed by atoms with Gasteiger partial charge in [0.1, 0.15) is 6.54 Å². The van der Waals surface area contributed by atoms with Gasteiger partial charge in [-0.25, -0.2) is 0 Å². The summed E-state index contributed by atoms with van der Waals surface area (Å²) >= 11 is 1.48. The zero-order valence-electron chi connectivity index (χ0n) is 16.2. The van der Waals surface area contributed by atoms with E-state index in [1.165, 1.54) is 30.4 Å². The van der Waals surface area contributed by atoms with Gasteiger partial charge in [0.2, 0.25) is 0 Å². The molecule has 0 atom stereocenters. The lowest BCUT2D eigenvalue weighted by atomic mass is 9.89. The number of carbonyl (C=O) groups excluding carboxylic acids is 2. The Morgan fingerprint density at radius 2 is 2.04 bits per heavy atom. The van der Waals surface area contributed by atoms with Gasteiger partial charge < -0.3 is 9.30 Å². The van der Waals surface area contributed by atoms with Crippen LogP contribution < -0.4 is 4.80 Å². The summed E-state index contributed by atoms with van der Waals surface area (Å²) < 4.78 is 7.72.